The Bertz CT molecular complexity index is 800. The molecule has 30 heavy (non-hydrogen) atoms. The van der Waals surface area contributed by atoms with Crippen LogP contribution in [0.5, 0.6) is 5.75 Å². The second-order valence-corrected chi connectivity index (χ2v) is 7.47. The molecule has 0 radical (unpaired) electrons. The van der Waals surface area contributed by atoms with Crippen molar-refractivity contribution >= 4 is 24.1 Å². The Balaban J connectivity index is 0.00000320. The fraction of sp³-hybridized carbons (Fsp3) is 0.391. The molecule has 0 bridgehead atoms. The van der Waals surface area contributed by atoms with Crippen molar-refractivity contribution in [3.05, 3.63) is 65.7 Å². The molecule has 0 aliphatic carbocycles. The standard InChI is InChI=1S/C23H28N2O4.ClH/c1-28-17-23(11-13-24-14-12-23)16-25-21(26)15-29-20-9-7-19(8-10-20)22(27)18-5-3-2-4-6-18;/h2-10,24H,11-17H2,1H3,(H,25,26);1H. The fourth-order valence-corrected chi connectivity index (χ4v) is 3.58. The smallest absolute Gasteiger partial charge is 0.257 e. The van der Waals surface area contributed by atoms with Gasteiger partial charge in [-0.1, -0.05) is 30.3 Å². The van der Waals surface area contributed by atoms with Crippen molar-refractivity contribution in [1.29, 1.82) is 0 Å². The normalized spacial score (nSPS) is 15.0. The lowest BCUT2D eigenvalue weighted by Crippen LogP contribution is -2.47. The SMILES string of the molecule is COCC1(CNC(=O)COc2ccc(C(=O)c3ccccc3)cc2)CCNCC1.Cl. The molecule has 7 heteroatoms. The minimum atomic E-state index is -0.163. The lowest BCUT2D eigenvalue weighted by atomic mass is 9.79. The molecule has 1 amide bonds. The van der Waals surface area contributed by atoms with Gasteiger partial charge >= 0.3 is 0 Å². The first-order chi connectivity index (χ1) is 14.1. The molecule has 0 atom stereocenters. The molecule has 162 valence electrons. The first-order valence-electron chi connectivity index (χ1n) is 9.91. The van der Waals surface area contributed by atoms with Crippen molar-refractivity contribution in [2.24, 2.45) is 5.41 Å². The van der Waals surface area contributed by atoms with Crippen molar-refractivity contribution in [2.75, 3.05) is 40.0 Å². The zero-order chi connectivity index (χ0) is 20.5. The number of hydrogen-bond acceptors (Lipinski definition) is 5. The summed E-state index contributed by atoms with van der Waals surface area (Å²) in [5.74, 6) is 0.349. The van der Waals surface area contributed by atoms with Crippen LogP contribution in [0.4, 0.5) is 0 Å². The average Bonchev–Trinajstić information content (AvgIpc) is 2.78. The van der Waals surface area contributed by atoms with Crippen LogP contribution in [0.1, 0.15) is 28.8 Å². The first kappa shape index (κ1) is 23.9. The topological polar surface area (TPSA) is 76.7 Å². The van der Waals surface area contributed by atoms with Crippen LogP contribution in [-0.2, 0) is 9.53 Å². The molecule has 1 aliphatic rings. The maximum absolute atomic E-state index is 12.4. The summed E-state index contributed by atoms with van der Waals surface area (Å²) in [7, 11) is 1.70. The van der Waals surface area contributed by atoms with Gasteiger partial charge in [-0.3, -0.25) is 9.59 Å². The molecule has 6 nitrogen and oxygen atoms in total. The summed E-state index contributed by atoms with van der Waals surface area (Å²) in [5, 5.41) is 6.31. The van der Waals surface area contributed by atoms with E-state index in [0.717, 1.165) is 25.9 Å². The minimum absolute atomic E-state index is 0. The van der Waals surface area contributed by atoms with Crippen LogP contribution in [0, 0.1) is 5.41 Å². The van der Waals surface area contributed by atoms with E-state index in [2.05, 4.69) is 10.6 Å². The van der Waals surface area contributed by atoms with Crippen LogP contribution in [0.15, 0.2) is 54.6 Å². The zero-order valence-electron chi connectivity index (χ0n) is 17.2. The lowest BCUT2D eigenvalue weighted by Gasteiger charge is -2.37. The number of methoxy groups -OCH3 is 1. The maximum atomic E-state index is 12.4. The summed E-state index contributed by atoms with van der Waals surface area (Å²) in [6.45, 7) is 3.02. The third-order valence-electron chi connectivity index (χ3n) is 5.30. The number of ether oxygens (including phenoxy) is 2. The van der Waals surface area contributed by atoms with Crippen molar-refractivity contribution < 1.29 is 19.1 Å². The molecule has 0 spiro atoms. The fourth-order valence-electron chi connectivity index (χ4n) is 3.58. The Kier molecular flexibility index (Phi) is 9.30. The van der Waals surface area contributed by atoms with Gasteiger partial charge in [-0.2, -0.15) is 0 Å². The van der Waals surface area contributed by atoms with Gasteiger partial charge in [0.05, 0.1) is 6.61 Å². The Morgan fingerprint density at radius 3 is 2.27 bits per heavy atom. The van der Waals surface area contributed by atoms with Crippen LogP contribution >= 0.6 is 12.4 Å². The Morgan fingerprint density at radius 2 is 1.63 bits per heavy atom. The number of halogens is 1. The van der Waals surface area contributed by atoms with Gasteiger partial charge in [0, 0.05) is 30.2 Å². The van der Waals surface area contributed by atoms with Gasteiger partial charge in [0.15, 0.2) is 12.4 Å². The van der Waals surface area contributed by atoms with E-state index < -0.39 is 0 Å². The van der Waals surface area contributed by atoms with E-state index in [-0.39, 0.29) is 36.1 Å². The first-order valence-corrected chi connectivity index (χ1v) is 9.91. The number of hydrogen-bond donors (Lipinski definition) is 2. The predicted octanol–water partition coefficient (Wildman–Crippen LogP) is 2.85. The van der Waals surface area contributed by atoms with Crippen molar-refractivity contribution in [1.82, 2.24) is 10.6 Å². The summed E-state index contributed by atoms with van der Waals surface area (Å²) in [5.41, 5.74) is 1.21. The van der Waals surface area contributed by atoms with Crippen LogP contribution in [-0.4, -0.2) is 51.6 Å². The van der Waals surface area contributed by atoms with Gasteiger partial charge in [0.2, 0.25) is 0 Å². The molecule has 1 heterocycles. The Labute approximate surface area is 183 Å². The molecule has 3 rings (SSSR count). The van der Waals surface area contributed by atoms with Gasteiger partial charge in [-0.05, 0) is 50.2 Å². The highest BCUT2D eigenvalue weighted by Crippen LogP contribution is 2.28. The van der Waals surface area contributed by atoms with Crippen molar-refractivity contribution in [3.8, 4) is 5.75 Å². The summed E-state index contributed by atoms with van der Waals surface area (Å²) in [6.07, 6.45) is 1.94. The summed E-state index contributed by atoms with van der Waals surface area (Å²) >= 11 is 0. The highest BCUT2D eigenvalue weighted by Gasteiger charge is 2.32. The predicted molar refractivity (Wildman–Crippen MR) is 118 cm³/mol. The second-order valence-electron chi connectivity index (χ2n) is 7.47. The third kappa shape index (κ3) is 6.55. The summed E-state index contributed by atoms with van der Waals surface area (Å²) in [4.78, 5) is 24.6. The lowest BCUT2D eigenvalue weighted by molar-refractivity contribution is -0.124. The quantitative estimate of drug-likeness (QED) is 0.596. The highest BCUT2D eigenvalue weighted by molar-refractivity contribution is 6.08. The molecule has 0 saturated carbocycles. The number of carbonyl (C=O) groups excluding carboxylic acids is 2. The van der Waals surface area contributed by atoms with E-state index in [9.17, 15) is 9.59 Å². The second kappa shape index (κ2) is 11.7. The molecule has 0 aromatic heterocycles. The van der Waals surface area contributed by atoms with E-state index in [1.54, 1.807) is 43.5 Å². The molecule has 2 N–H and O–H groups in total. The highest BCUT2D eigenvalue weighted by atomic mass is 35.5. The van der Waals surface area contributed by atoms with Crippen LogP contribution in [0.3, 0.4) is 0 Å². The number of nitrogens with one attached hydrogen (secondary N) is 2. The molecular formula is C23H29ClN2O4. The molecule has 1 aliphatic heterocycles. The molecular weight excluding hydrogens is 404 g/mol. The van der Waals surface area contributed by atoms with Crippen LogP contribution in [0.25, 0.3) is 0 Å². The third-order valence-corrected chi connectivity index (χ3v) is 5.30. The number of ketones is 1. The van der Waals surface area contributed by atoms with E-state index in [1.807, 2.05) is 18.2 Å². The van der Waals surface area contributed by atoms with E-state index in [4.69, 9.17) is 9.47 Å². The van der Waals surface area contributed by atoms with Crippen LogP contribution in [0.2, 0.25) is 0 Å². The number of carbonyl (C=O) groups is 2. The van der Waals surface area contributed by atoms with Gasteiger partial charge in [0.25, 0.3) is 5.91 Å². The number of piperidine rings is 1. The van der Waals surface area contributed by atoms with E-state index in [1.165, 1.54) is 0 Å². The Morgan fingerprint density at radius 1 is 1.00 bits per heavy atom. The Hall–Kier alpha value is -2.41. The largest absolute Gasteiger partial charge is 0.484 e. The van der Waals surface area contributed by atoms with Gasteiger partial charge in [-0.15, -0.1) is 12.4 Å². The zero-order valence-corrected chi connectivity index (χ0v) is 18.0. The molecule has 1 fully saturated rings. The van der Waals surface area contributed by atoms with Crippen molar-refractivity contribution in [3.63, 3.8) is 0 Å². The molecule has 2 aromatic rings. The molecule has 0 unspecified atom stereocenters. The van der Waals surface area contributed by atoms with Gasteiger partial charge in [-0.25, -0.2) is 0 Å². The maximum Gasteiger partial charge on any atom is 0.257 e. The van der Waals surface area contributed by atoms with E-state index >= 15 is 0 Å². The van der Waals surface area contributed by atoms with Gasteiger partial charge in [0.1, 0.15) is 5.75 Å². The number of benzene rings is 2. The average molecular weight is 433 g/mol. The monoisotopic (exact) mass is 432 g/mol. The van der Waals surface area contributed by atoms with Crippen molar-refractivity contribution in [2.45, 2.75) is 12.8 Å². The van der Waals surface area contributed by atoms with E-state index in [0.29, 0.717) is 30.0 Å². The number of rotatable bonds is 9. The summed E-state index contributed by atoms with van der Waals surface area (Å²) in [6, 6.07) is 16.0. The number of amides is 1. The minimum Gasteiger partial charge on any atom is -0.484 e. The van der Waals surface area contributed by atoms with Crippen LogP contribution < -0.4 is 15.4 Å². The molecule has 2 aromatic carbocycles. The molecule has 1 saturated heterocycles. The van der Waals surface area contributed by atoms with Gasteiger partial charge < -0.3 is 20.1 Å². The summed E-state index contributed by atoms with van der Waals surface area (Å²) < 4.78 is 10.9.